The SMILES string of the molecule is CCOC(=O)c1c(NC(=O)CSc2nnc(CC34CC5CC(CC(C5)C3)C4)n2C)sc(C)c1C. The van der Waals surface area contributed by atoms with E-state index in [2.05, 4.69) is 20.1 Å². The van der Waals surface area contributed by atoms with Crippen LogP contribution < -0.4 is 5.32 Å². The minimum absolute atomic E-state index is 0.164. The Kier molecular flexibility index (Phi) is 6.52. The van der Waals surface area contributed by atoms with Crippen molar-refractivity contribution < 1.29 is 14.3 Å². The largest absolute Gasteiger partial charge is 0.462 e. The van der Waals surface area contributed by atoms with E-state index in [-0.39, 0.29) is 11.7 Å². The van der Waals surface area contributed by atoms with Gasteiger partial charge in [-0.1, -0.05) is 11.8 Å². The molecule has 0 atom stereocenters. The van der Waals surface area contributed by atoms with Gasteiger partial charge in [-0.3, -0.25) is 4.79 Å². The normalized spacial score (nSPS) is 27.2. The van der Waals surface area contributed by atoms with Crippen LogP contribution in [0.25, 0.3) is 0 Å². The Labute approximate surface area is 209 Å². The summed E-state index contributed by atoms with van der Waals surface area (Å²) < 4.78 is 7.25. The molecule has 0 saturated heterocycles. The number of amides is 1. The number of hydrogen-bond acceptors (Lipinski definition) is 7. The summed E-state index contributed by atoms with van der Waals surface area (Å²) in [6.07, 6.45) is 9.36. The van der Waals surface area contributed by atoms with E-state index in [4.69, 9.17) is 4.74 Å². The van der Waals surface area contributed by atoms with E-state index in [9.17, 15) is 9.59 Å². The van der Waals surface area contributed by atoms with Crippen molar-refractivity contribution in [2.24, 2.45) is 30.2 Å². The monoisotopic (exact) mass is 502 g/mol. The van der Waals surface area contributed by atoms with Crippen LogP contribution in [0.5, 0.6) is 0 Å². The van der Waals surface area contributed by atoms with Gasteiger partial charge in [-0.15, -0.1) is 21.5 Å². The van der Waals surface area contributed by atoms with Gasteiger partial charge in [-0.2, -0.15) is 0 Å². The minimum atomic E-state index is -0.394. The van der Waals surface area contributed by atoms with Crippen molar-refractivity contribution in [1.82, 2.24) is 14.8 Å². The maximum absolute atomic E-state index is 12.7. The van der Waals surface area contributed by atoms with Crippen LogP contribution in [0.4, 0.5) is 5.00 Å². The predicted molar refractivity (Wildman–Crippen MR) is 134 cm³/mol. The van der Waals surface area contributed by atoms with Gasteiger partial charge in [0.2, 0.25) is 5.91 Å². The summed E-state index contributed by atoms with van der Waals surface area (Å²) in [6.45, 7) is 5.90. The summed E-state index contributed by atoms with van der Waals surface area (Å²) in [6, 6.07) is 0. The van der Waals surface area contributed by atoms with Gasteiger partial charge in [0.25, 0.3) is 0 Å². The molecule has 4 aliphatic carbocycles. The van der Waals surface area contributed by atoms with E-state index in [0.29, 0.717) is 22.6 Å². The van der Waals surface area contributed by atoms with Gasteiger partial charge in [-0.05, 0) is 88.0 Å². The third-order valence-electron chi connectivity index (χ3n) is 8.07. The fourth-order valence-electron chi connectivity index (χ4n) is 6.92. The molecular formula is C25H34N4O3S2. The molecule has 2 heterocycles. The first-order valence-corrected chi connectivity index (χ1v) is 14.1. The highest BCUT2D eigenvalue weighted by Crippen LogP contribution is 2.61. The zero-order valence-corrected chi connectivity index (χ0v) is 22.1. The van der Waals surface area contributed by atoms with E-state index < -0.39 is 5.97 Å². The number of anilines is 1. The smallest absolute Gasteiger partial charge is 0.341 e. The van der Waals surface area contributed by atoms with Crippen LogP contribution in [-0.4, -0.2) is 39.0 Å². The van der Waals surface area contributed by atoms with Crippen LogP contribution in [0, 0.1) is 37.0 Å². The molecule has 0 unspecified atom stereocenters. The Bertz CT molecular complexity index is 1070. The summed E-state index contributed by atoms with van der Waals surface area (Å²) in [5.74, 6) is 3.45. The first-order chi connectivity index (χ1) is 16.3. The molecule has 0 aromatic carbocycles. The Morgan fingerprint density at radius 2 is 1.79 bits per heavy atom. The Morgan fingerprint density at radius 1 is 1.15 bits per heavy atom. The number of rotatable bonds is 8. The van der Waals surface area contributed by atoms with Crippen molar-refractivity contribution in [1.29, 1.82) is 0 Å². The van der Waals surface area contributed by atoms with E-state index in [0.717, 1.165) is 45.6 Å². The zero-order chi connectivity index (χ0) is 24.0. The number of aromatic nitrogens is 3. The number of hydrogen-bond donors (Lipinski definition) is 1. The molecule has 2 aromatic heterocycles. The molecule has 0 spiro atoms. The van der Waals surface area contributed by atoms with Gasteiger partial charge < -0.3 is 14.6 Å². The van der Waals surface area contributed by atoms with E-state index in [1.807, 2.05) is 20.9 Å². The molecule has 7 nitrogen and oxygen atoms in total. The van der Waals surface area contributed by atoms with Gasteiger partial charge in [0, 0.05) is 18.3 Å². The van der Waals surface area contributed by atoms with Crippen molar-refractivity contribution in [3.8, 4) is 0 Å². The van der Waals surface area contributed by atoms with Crippen LogP contribution >= 0.6 is 23.1 Å². The highest BCUT2D eigenvalue weighted by atomic mass is 32.2. The third kappa shape index (κ3) is 4.53. The molecule has 4 bridgehead atoms. The quantitative estimate of drug-likeness (QED) is 0.396. The Hall–Kier alpha value is -1.87. The van der Waals surface area contributed by atoms with Gasteiger partial charge >= 0.3 is 5.97 Å². The predicted octanol–water partition coefficient (Wildman–Crippen LogP) is 5.16. The van der Waals surface area contributed by atoms with Crippen LogP contribution in [0.1, 0.15) is 72.1 Å². The maximum Gasteiger partial charge on any atom is 0.341 e. The highest BCUT2D eigenvalue weighted by Gasteiger charge is 2.51. The summed E-state index contributed by atoms with van der Waals surface area (Å²) in [5, 5.41) is 13.2. The molecule has 2 aromatic rings. The molecular weight excluding hydrogens is 468 g/mol. The average Bonchev–Trinajstić information content (AvgIpc) is 3.24. The van der Waals surface area contributed by atoms with Gasteiger partial charge in [0.1, 0.15) is 10.8 Å². The van der Waals surface area contributed by atoms with E-state index in [1.54, 1.807) is 6.92 Å². The summed E-state index contributed by atoms with van der Waals surface area (Å²) in [5.41, 5.74) is 1.72. The van der Waals surface area contributed by atoms with Crippen LogP contribution in [0.3, 0.4) is 0 Å². The lowest BCUT2D eigenvalue weighted by Gasteiger charge is -2.56. The number of nitrogens with one attached hydrogen (secondary N) is 1. The number of ether oxygens (including phenoxy) is 1. The number of thiophene rings is 1. The second-order valence-electron chi connectivity index (χ2n) is 10.6. The van der Waals surface area contributed by atoms with E-state index >= 15 is 0 Å². The second kappa shape index (κ2) is 9.30. The molecule has 0 aliphatic heterocycles. The second-order valence-corrected chi connectivity index (χ2v) is 12.8. The average molecular weight is 503 g/mol. The molecule has 4 saturated carbocycles. The number of nitrogens with zero attached hydrogens (tertiary/aromatic N) is 3. The number of carbonyl (C=O) groups excluding carboxylic acids is 2. The van der Waals surface area contributed by atoms with Gasteiger partial charge in [0.05, 0.1) is 17.9 Å². The molecule has 4 aliphatic rings. The number of thioether (sulfide) groups is 1. The van der Waals surface area contributed by atoms with Crippen LogP contribution in [-0.2, 0) is 23.0 Å². The lowest BCUT2D eigenvalue weighted by molar-refractivity contribution is -0.113. The van der Waals surface area contributed by atoms with Crippen molar-refractivity contribution >= 4 is 40.0 Å². The van der Waals surface area contributed by atoms with E-state index in [1.165, 1.54) is 61.6 Å². The summed E-state index contributed by atoms with van der Waals surface area (Å²) in [4.78, 5) is 26.1. The standard InChI is InChI=1S/C25H34N4O3S2/c1-5-32-23(31)21-14(2)15(3)34-22(21)26-20(30)13-33-24-28-27-19(29(24)4)12-25-9-16-6-17(10-25)8-18(7-16)11-25/h16-18H,5-13H2,1-4H3,(H,26,30). The van der Waals surface area contributed by atoms with Gasteiger partial charge in [-0.25, -0.2) is 4.79 Å². The molecule has 4 fully saturated rings. The molecule has 9 heteroatoms. The number of carbonyl (C=O) groups is 2. The molecule has 6 rings (SSSR count). The summed E-state index contributed by atoms with van der Waals surface area (Å²) >= 11 is 2.80. The number of aryl methyl sites for hydroxylation is 1. The van der Waals surface area contributed by atoms with Crippen molar-refractivity contribution in [3.63, 3.8) is 0 Å². The topological polar surface area (TPSA) is 86.1 Å². The molecule has 1 amide bonds. The third-order valence-corrected chi connectivity index (χ3v) is 10.2. The molecule has 184 valence electrons. The fourth-order valence-corrected chi connectivity index (χ4v) is 8.72. The fraction of sp³-hybridized carbons (Fsp3) is 0.680. The highest BCUT2D eigenvalue weighted by molar-refractivity contribution is 7.99. The van der Waals surface area contributed by atoms with Gasteiger partial charge in [0.15, 0.2) is 5.16 Å². The first kappa shape index (κ1) is 23.9. The lowest BCUT2D eigenvalue weighted by Crippen LogP contribution is -2.47. The van der Waals surface area contributed by atoms with Crippen molar-refractivity contribution in [2.75, 3.05) is 17.7 Å². The van der Waals surface area contributed by atoms with Crippen LogP contribution in [0.15, 0.2) is 5.16 Å². The van der Waals surface area contributed by atoms with Crippen molar-refractivity contribution in [3.05, 3.63) is 21.8 Å². The summed E-state index contributed by atoms with van der Waals surface area (Å²) in [7, 11) is 2.01. The Morgan fingerprint density at radius 3 is 2.41 bits per heavy atom. The van der Waals surface area contributed by atoms with Crippen molar-refractivity contribution in [2.45, 2.75) is 70.9 Å². The minimum Gasteiger partial charge on any atom is -0.462 e. The zero-order valence-electron chi connectivity index (χ0n) is 20.5. The maximum atomic E-state index is 12.7. The lowest BCUT2D eigenvalue weighted by atomic mass is 9.49. The van der Waals surface area contributed by atoms with Crippen LogP contribution in [0.2, 0.25) is 0 Å². The molecule has 1 N–H and O–H groups in total. The number of esters is 1. The Balaban J connectivity index is 1.21. The first-order valence-electron chi connectivity index (χ1n) is 12.3. The molecule has 34 heavy (non-hydrogen) atoms. The molecule has 0 radical (unpaired) electrons.